The van der Waals surface area contributed by atoms with Crippen LogP contribution in [-0.4, -0.2) is 36.5 Å². The number of halogens is 1. The number of aliphatic imine (C=N–C) groups is 1. The molecule has 0 fully saturated rings. The largest absolute Gasteiger partial charge is 0.486 e. The number of carbonyl (C=O) groups is 1. The Morgan fingerprint density at radius 3 is 2.95 bits per heavy atom. The Morgan fingerprint density at radius 2 is 2.19 bits per heavy atom. The summed E-state index contributed by atoms with van der Waals surface area (Å²) in [4.78, 5) is 17.5. The van der Waals surface area contributed by atoms with Crippen molar-refractivity contribution in [1.82, 2.24) is 4.90 Å². The number of hydrogen-bond donors (Lipinski definition) is 1. The van der Waals surface area contributed by atoms with Gasteiger partial charge in [-0.05, 0) is 40.0 Å². The first-order valence-corrected chi connectivity index (χ1v) is 7.64. The normalized spacial score (nSPS) is 20.7. The number of amides is 2. The molecule has 2 aliphatic heterocycles. The van der Waals surface area contributed by atoms with Crippen LogP contribution >= 0.6 is 15.9 Å². The fourth-order valence-electron chi connectivity index (χ4n) is 2.61. The molecule has 0 radical (unpaired) electrons. The summed E-state index contributed by atoms with van der Waals surface area (Å²) in [7, 11) is 0. The third-order valence-corrected chi connectivity index (χ3v) is 4.05. The van der Waals surface area contributed by atoms with Gasteiger partial charge < -0.3 is 20.1 Å². The molecule has 0 spiro atoms. The highest BCUT2D eigenvalue weighted by Gasteiger charge is 2.35. The maximum absolute atomic E-state index is 11.9. The Bertz CT molecular complexity index is 618. The smallest absolute Gasteiger partial charge is 0.346 e. The van der Waals surface area contributed by atoms with Crippen LogP contribution in [0.25, 0.3) is 0 Å². The fraction of sp³-hybridized carbons (Fsp3) is 0.429. The molecule has 0 saturated heterocycles. The predicted molar refractivity (Wildman–Crippen MR) is 81.9 cm³/mol. The topological polar surface area (TPSA) is 77.2 Å². The third-order valence-electron chi connectivity index (χ3n) is 3.46. The quantitative estimate of drug-likeness (QED) is 0.905. The summed E-state index contributed by atoms with van der Waals surface area (Å²) in [6, 6.07) is 3.14. The first-order chi connectivity index (χ1) is 10.1. The van der Waals surface area contributed by atoms with Crippen molar-refractivity contribution in [2.75, 3.05) is 19.8 Å². The lowest BCUT2D eigenvalue weighted by molar-refractivity contribution is 0.169. The predicted octanol–water partition coefficient (Wildman–Crippen LogP) is 2.46. The average Bonchev–Trinajstić information content (AvgIpc) is 2.74. The first-order valence-electron chi connectivity index (χ1n) is 6.85. The molecule has 21 heavy (non-hydrogen) atoms. The zero-order valence-corrected chi connectivity index (χ0v) is 13.2. The maximum atomic E-state index is 11.9. The van der Waals surface area contributed by atoms with E-state index in [1.807, 2.05) is 19.1 Å². The van der Waals surface area contributed by atoms with E-state index in [9.17, 15) is 4.79 Å². The van der Waals surface area contributed by atoms with Crippen LogP contribution in [0.15, 0.2) is 21.6 Å². The highest BCUT2D eigenvalue weighted by Crippen LogP contribution is 2.41. The Kier molecular flexibility index (Phi) is 3.75. The Balaban J connectivity index is 2.01. The number of fused-ring (bicyclic) bond motifs is 1. The summed E-state index contributed by atoms with van der Waals surface area (Å²) in [5.74, 6) is 1.66. The summed E-state index contributed by atoms with van der Waals surface area (Å²) >= 11 is 3.48. The Labute approximate surface area is 131 Å². The average molecular weight is 354 g/mol. The van der Waals surface area contributed by atoms with Crippen molar-refractivity contribution in [2.45, 2.75) is 19.4 Å². The van der Waals surface area contributed by atoms with Gasteiger partial charge in [-0.1, -0.05) is 6.92 Å². The highest BCUT2D eigenvalue weighted by atomic mass is 79.9. The van der Waals surface area contributed by atoms with E-state index in [1.165, 1.54) is 0 Å². The molecule has 0 aliphatic carbocycles. The number of ether oxygens (including phenoxy) is 2. The Morgan fingerprint density at radius 1 is 1.43 bits per heavy atom. The summed E-state index contributed by atoms with van der Waals surface area (Å²) in [6.45, 7) is 3.66. The van der Waals surface area contributed by atoms with Crippen molar-refractivity contribution >= 4 is 27.8 Å². The summed E-state index contributed by atoms with van der Waals surface area (Å²) in [5.41, 5.74) is 6.82. The minimum Gasteiger partial charge on any atom is -0.486 e. The van der Waals surface area contributed by atoms with Crippen LogP contribution in [0.4, 0.5) is 4.79 Å². The number of carbonyl (C=O) groups excluding carboxylic acids is 1. The van der Waals surface area contributed by atoms with E-state index in [1.54, 1.807) is 4.90 Å². The lowest BCUT2D eigenvalue weighted by atomic mass is 10.0. The minimum absolute atomic E-state index is 0.287. The van der Waals surface area contributed by atoms with Gasteiger partial charge in [0.1, 0.15) is 25.1 Å². The lowest BCUT2D eigenvalue weighted by Crippen LogP contribution is -2.34. The summed E-state index contributed by atoms with van der Waals surface area (Å²) < 4.78 is 12.0. The second-order valence-corrected chi connectivity index (χ2v) is 5.80. The number of nitrogens with two attached hydrogens (primary N) is 1. The molecule has 2 aliphatic rings. The molecule has 0 bridgehead atoms. The number of benzene rings is 1. The second kappa shape index (κ2) is 5.55. The van der Waals surface area contributed by atoms with Gasteiger partial charge in [-0.15, -0.1) is 0 Å². The maximum Gasteiger partial charge on any atom is 0.346 e. The molecule has 0 saturated carbocycles. The van der Waals surface area contributed by atoms with Crippen molar-refractivity contribution in [3.63, 3.8) is 0 Å². The van der Waals surface area contributed by atoms with E-state index < -0.39 is 0 Å². The van der Waals surface area contributed by atoms with Crippen LogP contribution < -0.4 is 15.2 Å². The van der Waals surface area contributed by atoms with Gasteiger partial charge >= 0.3 is 6.03 Å². The second-order valence-electron chi connectivity index (χ2n) is 4.94. The fourth-order valence-corrected chi connectivity index (χ4v) is 3.19. The summed E-state index contributed by atoms with van der Waals surface area (Å²) in [5, 5.41) is 0. The van der Waals surface area contributed by atoms with Crippen molar-refractivity contribution < 1.29 is 14.3 Å². The third kappa shape index (κ3) is 2.46. The standard InChI is InChI=1S/C14H16BrN3O3/c1-2-3-18-11(13(16)17-14(18)19)8-6-9(15)12-10(7-8)20-4-5-21-12/h6-7,11H,2-5H2,1H3,(H2,16,17,19). The van der Waals surface area contributed by atoms with Gasteiger partial charge in [-0.3, -0.25) is 0 Å². The number of urea groups is 1. The van der Waals surface area contributed by atoms with E-state index in [0.717, 1.165) is 16.5 Å². The van der Waals surface area contributed by atoms with Crippen molar-refractivity contribution in [1.29, 1.82) is 0 Å². The molecule has 1 aromatic rings. The molecule has 1 atom stereocenters. The van der Waals surface area contributed by atoms with Gasteiger partial charge in [0.05, 0.1) is 4.47 Å². The minimum atomic E-state index is -0.343. The highest BCUT2D eigenvalue weighted by molar-refractivity contribution is 9.10. The van der Waals surface area contributed by atoms with Gasteiger partial charge in [0.2, 0.25) is 0 Å². The first kappa shape index (κ1) is 14.2. The Hall–Kier alpha value is -1.76. The molecule has 2 heterocycles. The molecule has 2 amide bonds. The zero-order chi connectivity index (χ0) is 15.0. The van der Waals surface area contributed by atoms with E-state index >= 15 is 0 Å². The SMILES string of the molecule is CCCN1C(=O)N=C(N)C1c1cc(Br)c2c(c1)OCCO2. The molecule has 112 valence electrons. The van der Waals surface area contributed by atoms with Gasteiger partial charge in [0.15, 0.2) is 11.5 Å². The molecule has 6 nitrogen and oxygen atoms in total. The van der Waals surface area contributed by atoms with Gasteiger partial charge in [-0.2, -0.15) is 4.99 Å². The van der Waals surface area contributed by atoms with Gasteiger partial charge in [0.25, 0.3) is 0 Å². The number of hydrogen-bond acceptors (Lipinski definition) is 4. The van der Waals surface area contributed by atoms with Crippen molar-refractivity contribution in [3.8, 4) is 11.5 Å². The summed E-state index contributed by atoms with van der Waals surface area (Å²) in [6.07, 6.45) is 0.844. The molecular formula is C14H16BrN3O3. The van der Waals surface area contributed by atoms with E-state index in [-0.39, 0.29) is 12.1 Å². The van der Waals surface area contributed by atoms with Crippen LogP contribution in [0.2, 0.25) is 0 Å². The monoisotopic (exact) mass is 353 g/mol. The number of amidine groups is 1. The van der Waals surface area contributed by atoms with E-state index in [2.05, 4.69) is 20.9 Å². The van der Waals surface area contributed by atoms with E-state index in [0.29, 0.717) is 37.1 Å². The molecule has 1 unspecified atom stereocenters. The molecule has 3 rings (SSSR count). The van der Waals surface area contributed by atoms with Gasteiger partial charge in [0, 0.05) is 6.54 Å². The molecular weight excluding hydrogens is 338 g/mol. The van der Waals surface area contributed by atoms with Crippen molar-refractivity contribution in [2.24, 2.45) is 10.7 Å². The lowest BCUT2D eigenvalue weighted by Gasteiger charge is -2.26. The van der Waals surface area contributed by atoms with Crippen LogP contribution in [0.3, 0.4) is 0 Å². The van der Waals surface area contributed by atoms with Crippen LogP contribution in [0.1, 0.15) is 24.9 Å². The molecule has 2 N–H and O–H groups in total. The van der Waals surface area contributed by atoms with Crippen LogP contribution in [0, 0.1) is 0 Å². The number of rotatable bonds is 3. The van der Waals surface area contributed by atoms with Gasteiger partial charge in [-0.25, -0.2) is 4.79 Å². The van der Waals surface area contributed by atoms with Crippen molar-refractivity contribution in [3.05, 3.63) is 22.2 Å². The zero-order valence-electron chi connectivity index (χ0n) is 11.6. The molecule has 1 aromatic carbocycles. The number of nitrogens with zero attached hydrogens (tertiary/aromatic N) is 2. The molecule has 0 aromatic heterocycles. The molecule has 7 heteroatoms. The van der Waals surface area contributed by atoms with E-state index in [4.69, 9.17) is 15.2 Å². The van der Waals surface area contributed by atoms with Crippen LogP contribution in [-0.2, 0) is 0 Å². The van der Waals surface area contributed by atoms with Crippen LogP contribution in [0.5, 0.6) is 11.5 Å².